The molecule has 1 amide bonds. The van der Waals surface area contributed by atoms with Gasteiger partial charge in [0.05, 0.1) is 25.0 Å². The third-order valence-corrected chi connectivity index (χ3v) is 6.15. The molecule has 2 N–H and O–H groups in total. The highest BCUT2D eigenvalue weighted by Gasteiger charge is 2.23. The second-order valence-corrected chi connectivity index (χ2v) is 8.42. The standard InChI is InChI=1S/C28H25FN4O2/c1-33-26(19-9-11-21(29)12-10-19)17-30-27(33)24(15-18-7-13-22(35-2)14-8-18)32-28(34)25-16-20-5-3-4-6-23(20)31-25/h3-14,16-17,24,31H,15H2,1-2H3,(H,32,34)/t24-/m0/s1. The van der Waals surface area contributed by atoms with E-state index in [1.165, 1.54) is 12.1 Å². The van der Waals surface area contributed by atoms with Crippen LogP contribution in [-0.2, 0) is 13.5 Å². The van der Waals surface area contributed by atoms with E-state index < -0.39 is 6.04 Å². The van der Waals surface area contributed by atoms with Crippen LogP contribution in [0.5, 0.6) is 5.75 Å². The zero-order valence-corrected chi connectivity index (χ0v) is 19.5. The summed E-state index contributed by atoms with van der Waals surface area (Å²) in [5.74, 6) is 0.956. The van der Waals surface area contributed by atoms with Crippen LogP contribution in [0.3, 0.4) is 0 Å². The van der Waals surface area contributed by atoms with Gasteiger partial charge in [-0.1, -0.05) is 30.3 Å². The third kappa shape index (κ3) is 4.66. The molecule has 2 aromatic heterocycles. The molecule has 176 valence electrons. The Balaban J connectivity index is 1.48. The average molecular weight is 469 g/mol. The van der Waals surface area contributed by atoms with E-state index in [1.54, 1.807) is 25.4 Å². The Labute approximate surface area is 202 Å². The van der Waals surface area contributed by atoms with Crippen LogP contribution in [0.1, 0.15) is 27.9 Å². The van der Waals surface area contributed by atoms with E-state index in [0.29, 0.717) is 17.9 Å². The fourth-order valence-corrected chi connectivity index (χ4v) is 4.27. The lowest BCUT2D eigenvalue weighted by Crippen LogP contribution is -2.32. The normalized spacial score (nSPS) is 12.0. The quantitative estimate of drug-likeness (QED) is 0.335. The van der Waals surface area contributed by atoms with Crippen LogP contribution in [0.15, 0.2) is 85.1 Å². The van der Waals surface area contributed by atoms with Gasteiger partial charge in [0.15, 0.2) is 0 Å². The number of aromatic amines is 1. The number of hydrogen-bond donors (Lipinski definition) is 2. The highest BCUT2D eigenvalue weighted by Crippen LogP contribution is 2.26. The van der Waals surface area contributed by atoms with Crippen LogP contribution in [0.4, 0.5) is 4.39 Å². The molecule has 35 heavy (non-hydrogen) atoms. The summed E-state index contributed by atoms with van der Waals surface area (Å²) in [5.41, 5.74) is 4.09. The van der Waals surface area contributed by atoms with Crippen molar-refractivity contribution in [2.24, 2.45) is 7.05 Å². The highest BCUT2D eigenvalue weighted by molar-refractivity contribution is 5.98. The van der Waals surface area contributed by atoms with E-state index in [0.717, 1.165) is 33.5 Å². The van der Waals surface area contributed by atoms with Gasteiger partial charge in [0, 0.05) is 18.0 Å². The Kier molecular flexibility index (Phi) is 6.06. The van der Waals surface area contributed by atoms with Crippen molar-refractivity contribution in [3.63, 3.8) is 0 Å². The van der Waals surface area contributed by atoms with Crippen molar-refractivity contribution < 1.29 is 13.9 Å². The number of nitrogens with zero attached hydrogens (tertiary/aromatic N) is 2. The van der Waals surface area contributed by atoms with Crippen LogP contribution >= 0.6 is 0 Å². The molecule has 0 radical (unpaired) electrons. The summed E-state index contributed by atoms with van der Waals surface area (Å²) in [6.07, 6.45) is 2.28. The molecule has 0 aliphatic carbocycles. The molecule has 6 nitrogen and oxygen atoms in total. The fraction of sp³-hybridized carbons (Fsp3) is 0.143. The van der Waals surface area contributed by atoms with Gasteiger partial charge in [-0.2, -0.15) is 0 Å². The number of carbonyl (C=O) groups excluding carboxylic acids is 1. The number of para-hydroxylation sites is 1. The van der Waals surface area contributed by atoms with Crippen molar-refractivity contribution in [1.29, 1.82) is 0 Å². The van der Waals surface area contributed by atoms with Crippen LogP contribution in [0.2, 0.25) is 0 Å². The van der Waals surface area contributed by atoms with Gasteiger partial charge in [-0.15, -0.1) is 0 Å². The smallest absolute Gasteiger partial charge is 0.268 e. The first kappa shape index (κ1) is 22.4. The predicted octanol–water partition coefficient (Wildman–Crippen LogP) is 5.43. The molecule has 0 unspecified atom stereocenters. The van der Waals surface area contributed by atoms with Crippen molar-refractivity contribution in [2.75, 3.05) is 7.11 Å². The number of carbonyl (C=O) groups is 1. The van der Waals surface area contributed by atoms with Gasteiger partial charge in [-0.3, -0.25) is 4.79 Å². The molecule has 1 atom stereocenters. The molecule has 0 spiro atoms. The number of imidazole rings is 1. The molecular formula is C28H25FN4O2. The number of aromatic nitrogens is 3. The minimum absolute atomic E-state index is 0.217. The number of halogens is 1. The number of rotatable bonds is 7. The molecule has 0 fully saturated rings. The molecule has 0 saturated carbocycles. The second kappa shape index (κ2) is 9.46. The Hall–Kier alpha value is -4.39. The number of hydrogen-bond acceptors (Lipinski definition) is 3. The first-order chi connectivity index (χ1) is 17.0. The average Bonchev–Trinajstić information content (AvgIpc) is 3.48. The third-order valence-electron chi connectivity index (χ3n) is 6.15. The first-order valence-electron chi connectivity index (χ1n) is 11.3. The molecular weight excluding hydrogens is 443 g/mol. The van der Waals surface area contributed by atoms with Crippen LogP contribution in [0.25, 0.3) is 22.2 Å². The monoisotopic (exact) mass is 468 g/mol. The van der Waals surface area contributed by atoms with Crippen molar-refractivity contribution in [2.45, 2.75) is 12.5 Å². The summed E-state index contributed by atoms with van der Waals surface area (Å²) in [7, 11) is 3.53. The maximum Gasteiger partial charge on any atom is 0.268 e. The number of amides is 1. The lowest BCUT2D eigenvalue weighted by Gasteiger charge is -2.19. The van der Waals surface area contributed by atoms with Crippen molar-refractivity contribution in [1.82, 2.24) is 19.9 Å². The van der Waals surface area contributed by atoms with Gasteiger partial charge in [0.25, 0.3) is 5.91 Å². The summed E-state index contributed by atoms with van der Waals surface area (Å²) in [6, 6.07) is 23.3. The number of ether oxygens (including phenoxy) is 1. The molecule has 2 heterocycles. The maximum absolute atomic E-state index is 13.4. The summed E-state index contributed by atoms with van der Waals surface area (Å²) in [5, 5.41) is 4.13. The van der Waals surface area contributed by atoms with Crippen LogP contribution in [-0.4, -0.2) is 27.6 Å². The van der Waals surface area contributed by atoms with Gasteiger partial charge in [-0.25, -0.2) is 9.37 Å². The number of benzene rings is 3. The summed E-state index contributed by atoms with van der Waals surface area (Å²) >= 11 is 0. The van der Waals surface area contributed by atoms with E-state index in [2.05, 4.69) is 15.3 Å². The summed E-state index contributed by atoms with van der Waals surface area (Å²) < 4.78 is 20.6. The SMILES string of the molecule is COc1ccc(C[C@H](NC(=O)c2cc3ccccc3[nH]2)c2ncc(-c3ccc(F)cc3)n2C)cc1. The lowest BCUT2D eigenvalue weighted by molar-refractivity contribution is 0.0930. The highest BCUT2D eigenvalue weighted by atomic mass is 19.1. The molecule has 5 rings (SSSR count). The van der Waals surface area contributed by atoms with Crippen LogP contribution in [0, 0.1) is 5.82 Å². The zero-order chi connectivity index (χ0) is 24.4. The Morgan fingerprint density at radius 1 is 1.09 bits per heavy atom. The van der Waals surface area contributed by atoms with Gasteiger partial charge in [-0.05, 0) is 66.1 Å². The van der Waals surface area contributed by atoms with E-state index in [4.69, 9.17) is 4.74 Å². The number of methoxy groups -OCH3 is 1. The number of H-pyrrole nitrogens is 1. The minimum Gasteiger partial charge on any atom is -0.497 e. The van der Waals surface area contributed by atoms with Crippen molar-refractivity contribution >= 4 is 16.8 Å². The molecule has 0 aliphatic heterocycles. The van der Waals surface area contributed by atoms with Gasteiger partial charge in [0.1, 0.15) is 23.1 Å². The van der Waals surface area contributed by atoms with Gasteiger partial charge >= 0.3 is 0 Å². The maximum atomic E-state index is 13.4. The van der Waals surface area contributed by atoms with Gasteiger partial charge in [0.2, 0.25) is 0 Å². The number of fused-ring (bicyclic) bond motifs is 1. The number of nitrogens with one attached hydrogen (secondary N) is 2. The Bertz CT molecular complexity index is 1440. The molecule has 7 heteroatoms. The van der Waals surface area contributed by atoms with Crippen molar-refractivity contribution in [3.05, 3.63) is 108 Å². The van der Waals surface area contributed by atoms with E-state index >= 15 is 0 Å². The zero-order valence-electron chi connectivity index (χ0n) is 19.5. The molecule has 0 aliphatic rings. The molecule has 3 aromatic carbocycles. The first-order valence-corrected chi connectivity index (χ1v) is 11.3. The van der Waals surface area contributed by atoms with Crippen molar-refractivity contribution in [3.8, 4) is 17.0 Å². The van der Waals surface area contributed by atoms with E-state index in [9.17, 15) is 9.18 Å². The predicted molar refractivity (Wildman–Crippen MR) is 134 cm³/mol. The Morgan fingerprint density at radius 3 is 2.54 bits per heavy atom. The molecule has 0 bridgehead atoms. The lowest BCUT2D eigenvalue weighted by atomic mass is 10.0. The summed E-state index contributed by atoms with van der Waals surface area (Å²) in [4.78, 5) is 21.1. The van der Waals surface area contributed by atoms with E-state index in [-0.39, 0.29) is 11.7 Å². The largest absolute Gasteiger partial charge is 0.497 e. The second-order valence-electron chi connectivity index (χ2n) is 8.42. The Morgan fingerprint density at radius 2 is 1.83 bits per heavy atom. The molecule has 5 aromatic rings. The minimum atomic E-state index is -0.401. The van der Waals surface area contributed by atoms with E-state index in [1.807, 2.05) is 66.2 Å². The van der Waals surface area contributed by atoms with Crippen LogP contribution < -0.4 is 10.1 Å². The fourth-order valence-electron chi connectivity index (χ4n) is 4.27. The van der Waals surface area contributed by atoms with Gasteiger partial charge < -0.3 is 19.6 Å². The topological polar surface area (TPSA) is 71.9 Å². The summed E-state index contributed by atoms with van der Waals surface area (Å²) in [6.45, 7) is 0. The molecule has 0 saturated heterocycles.